The average Bonchev–Trinajstić information content (AvgIpc) is 2.39. The molecule has 3 heteroatoms. The van der Waals surface area contributed by atoms with Crippen molar-refractivity contribution < 1.29 is 0 Å². The molecular weight excluding hydrogens is 228 g/mol. The van der Waals surface area contributed by atoms with E-state index in [1.165, 1.54) is 31.1 Å². The van der Waals surface area contributed by atoms with Crippen LogP contribution in [0.1, 0.15) is 32.6 Å². The van der Waals surface area contributed by atoms with E-state index in [0.29, 0.717) is 0 Å². The van der Waals surface area contributed by atoms with Gasteiger partial charge in [-0.3, -0.25) is 0 Å². The normalized spacial score (nSPS) is 10.9. The monoisotopic (exact) mass is 246 g/mol. The molecule has 0 unspecified atom stereocenters. The van der Waals surface area contributed by atoms with Gasteiger partial charge in [0.05, 0.1) is 5.52 Å². The van der Waals surface area contributed by atoms with Crippen LogP contribution in [0.25, 0.3) is 10.9 Å². The lowest BCUT2D eigenvalue weighted by Crippen LogP contribution is -1.88. The molecule has 0 N–H and O–H groups in total. The van der Waals surface area contributed by atoms with E-state index in [2.05, 4.69) is 23.0 Å². The van der Waals surface area contributed by atoms with Crippen LogP contribution < -0.4 is 0 Å². The summed E-state index contributed by atoms with van der Waals surface area (Å²) in [4.78, 5) is 8.65. The second-order valence-corrected chi connectivity index (χ2v) is 5.19. The van der Waals surface area contributed by atoms with E-state index in [0.717, 1.165) is 16.3 Å². The summed E-state index contributed by atoms with van der Waals surface area (Å²) >= 11 is 1.85. The van der Waals surface area contributed by atoms with E-state index in [9.17, 15) is 0 Å². The van der Waals surface area contributed by atoms with Gasteiger partial charge in [-0.15, -0.1) is 11.8 Å². The maximum absolute atomic E-state index is 4.38. The number of hydrogen-bond acceptors (Lipinski definition) is 3. The third-order valence-electron chi connectivity index (χ3n) is 2.74. The van der Waals surface area contributed by atoms with Crippen molar-refractivity contribution in [3.63, 3.8) is 0 Å². The molecule has 2 aromatic rings. The Morgan fingerprint density at radius 3 is 2.82 bits per heavy atom. The van der Waals surface area contributed by atoms with E-state index >= 15 is 0 Å². The first-order chi connectivity index (χ1) is 8.42. The number of unbranched alkanes of at least 4 members (excludes halogenated alkanes) is 3. The van der Waals surface area contributed by atoms with Crippen molar-refractivity contribution in [1.82, 2.24) is 9.97 Å². The number of fused-ring (bicyclic) bond motifs is 1. The first-order valence-corrected chi connectivity index (χ1v) is 7.23. The van der Waals surface area contributed by atoms with Crippen LogP contribution in [-0.2, 0) is 0 Å². The minimum absolute atomic E-state index is 1.04. The van der Waals surface area contributed by atoms with Crippen LogP contribution in [0.2, 0.25) is 0 Å². The highest BCUT2D eigenvalue weighted by atomic mass is 32.2. The Kier molecular flexibility index (Phi) is 4.80. The molecule has 0 bridgehead atoms. The zero-order chi connectivity index (χ0) is 11.9. The number of hydrogen-bond donors (Lipinski definition) is 0. The lowest BCUT2D eigenvalue weighted by atomic mass is 10.2. The first-order valence-electron chi connectivity index (χ1n) is 6.24. The van der Waals surface area contributed by atoms with Crippen LogP contribution in [0.5, 0.6) is 0 Å². The van der Waals surface area contributed by atoms with Crippen LogP contribution >= 0.6 is 11.8 Å². The molecule has 0 spiro atoms. The Morgan fingerprint density at radius 1 is 1.06 bits per heavy atom. The van der Waals surface area contributed by atoms with E-state index in [-0.39, 0.29) is 0 Å². The van der Waals surface area contributed by atoms with Crippen molar-refractivity contribution in [2.75, 3.05) is 5.75 Å². The molecule has 0 radical (unpaired) electrons. The number of aromatic nitrogens is 2. The molecule has 17 heavy (non-hydrogen) atoms. The largest absolute Gasteiger partial charge is 0.236 e. The highest BCUT2D eigenvalue weighted by Crippen LogP contribution is 2.24. The van der Waals surface area contributed by atoms with Crippen LogP contribution in [-0.4, -0.2) is 15.7 Å². The Balaban J connectivity index is 1.98. The van der Waals surface area contributed by atoms with Crippen LogP contribution in [0.4, 0.5) is 0 Å². The molecule has 0 saturated carbocycles. The van der Waals surface area contributed by atoms with E-state index in [4.69, 9.17) is 0 Å². The Labute approximate surface area is 107 Å². The summed E-state index contributed by atoms with van der Waals surface area (Å²) in [6.45, 7) is 2.24. The fourth-order valence-electron chi connectivity index (χ4n) is 1.79. The van der Waals surface area contributed by atoms with Gasteiger partial charge < -0.3 is 0 Å². The molecule has 2 nitrogen and oxygen atoms in total. The summed E-state index contributed by atoms with van der Waals surface area (Å²) in [7, 11) is 0. The third-order valence-corrected chi connectivity index (χ3v) is 3.83. The van der Waals surface area contributed by atoms with Crippen LogP contribution in [0.15, 0.2) is 35.6 Å². The molecule has 0 aliphatic rings. The zero-order valence-corrected chi connectivity index (χ0v) is 11.0. The molecule has 1 heterocycles. The smallest absolute Gasteiger partial charge is 0.117 e. The summed E-state index contributed by atoms with van der Waals surface area (Å²) < 4.78 is 0. The van der Waals surface area contributed by atoms with Gasteiger partial charge in [-0.2, -0.15) is 0 Å². The molecule has 0 saturated heterocycles. The van der Waals surface area contributed by atoms with E-state index in [1.54, 1.807) is 6.33 Å². The molecular formula is C14H18N2S. The lowest BCUT2D eigenvalue weighted by molar-refractivity contribution is 0.706. The van der Waals surface area contributed by atoms with Crippen molar-refractivity contribution in [2.45, 2.75) is 37.6 Å². The van der Waals surface area contributed by atoms with Crippen molar-refractivity contribution in [3.05, 3.63) is 30.6 Å². The second kappa shape index (κ2) is 6.60. The minimum Gasteiger partial charge on any atom is -0.236 e. The molecule has 90 valence electrons. The molecule has 1 aromatic carbocycles. The van der Waals surface area contributed by atoms with Gasteiger partial charge in [0.15, 0.2) is 0 Å². The topological polar surface area (TPSA) is 25.8 Å². The fraction of sp³-hybridized carbons (Fsp3) is 0.429. The highest BCUT2D eigenvalue weighted by molar-refractivity contribution is 7.99. The van der Waals surface area contributed by atoms with E-state index in [1.807, 2.05) is 30.0 Å². The second-order valence-electron chi connectivity index (χ2n) is 4.11. The molecule has 0 atom stereocenters. The SMILES string of the molecule is CCCCCCSc1ncnc2ccccc12. The first kappa shape index (κ1) is 12.4. The van der Waals surface area contributed by atoms with Gasteiger partial charge in [0.25, 0.3) is 0 Å². The Hall–Kier alpha value is -1.09. The average molecular weight is 246 g/mol. The van der Waals surface area contributed by atoms with Crippen LogP contribution in [0, 0.1) is 0 Å². The minimum atomic E-state index is 1.04. The van der Waals surface area contributed by atoms with Gasteiger partial charge in [-0.05, 0) is 18.2 Å². The van der Waals surface area contributed by atoms with Gasteiger partial charge >= 0.3 is 0 Å². The number of rotatable bonds is 6. The predicted octanol–water partition coefficient (Wildman–Crippen LogP) is 4.30. The van der Waals surface area contributed by atoms with Gasteiger partial charge in [0, 0.05) is 5.39 Å². The van der Waals surface area contributed by atoms with Gasteiger partial charge in [0.1, 0.15) is 11.4 Å². The maximum Gasteiger partial charge on any atom is 0.117 e. The van der Waals surface area contributed by atoms with Crippen molar-refractivity contribution in [1.29, 1.82) is 0 Å². The molecule has 0 amide bonds. The van der Waals surface area contributed by atoms with Crippen molar-refractivity contribution in [2.24, 2.45) is 0 Å². The number of nitrogens with zero attached hydrogens (tertiary/aromatic N) is 2. The van der Waals surface area contributed by atoms with E-state index < -0.39 is 0 Å². The fourth-order valence-corrected chi connectivity index (χ4v) is 2.78. The molecule has 0 aliphatic heterocycles. The number of thioether (sulfide) groups is 1. The molecule has 1 aromatic heterocycles. The molecule has 0 fully saturated rings. The van der Waals surface area contributed by atoms with Gasteiger partial charge in [0.2, 0.25) is 0 Å². The number of benzene rings is 1. The molecule has 2 rings (SSSR count). The summed E-state index contributed by atoms with van der Waals surface area (Å²) in [5.74, 6) is 1.15. The maximum atomic E-state index is 4.38. The lowest BCUT2D eigenvalue weighted by Gasteiger charge is -2.04. The third kappa shape index (κ3) is 3.43. The number of para-hydroxylation sites is 1. The zero-order valence-electron chi connectivity index (χ0n) is 10.2. The van der Waals surface area contributed by atoms with Gasteiger partial charge in [-0.1, -0.05) is 44.4 Å². The van der Waals surface area contributed by atoms with Crippen molar-refractivity contribution in [3.8, 4) is 0 Å². The standard InChI is InChI=1S/C14H18N2S/c1-2-3-4-7-10-17-14-12-8-5-6-9-13(12)15-11-16-14/h5-6,8-9,11H,2-4,7,10H2,1H3. The van der Waals surface area contributed by atoms with Crippen LogP contribution in [0.3, 0.4) is 0 Å². The predicted molar refractivity (Wildman–Crippen MR) is 74.4 cm³/mol. The summed E-state index contributed by atoms with van der Waals surface area (Å²) in [5, 5.41) is 2.29. The summed E-state index contributed by atoms with van der Waals surface area (Å²) in [6, 6.07) is 8.21. The molecule has 0 aliphatic carbocycles. The Morgan fingerprint density at radius 2 is 1.94 bits per heavy atom. The van der Waals surface area contributed by atoms with Gasteiger partial charge in [-0.25, -0.2) is 9.97 Å². The van der Waals surface area contributed by atoms with Crippen molar-refractivity contribution >= 4 is 22.7 Å². The quantitative estimate of drug-likeness (QED) is 0.432. The highest BCUT2D eigenvalue weighted by Gasteiger charge is 2.02. The summed E-state index contributed by atoms with van der Waals surface area (Å²) in [5.41, 5.74) is 1.04. The Bertz CT molecular complexity index is 465. The summed E-state index contributed by atoms with van der Waals surface area (Å²) in [6.07, 6.45) is 6.90.